The first-order chi connectivity index (χ1) is 12.4. The van der Waals surface area contributed by atoms with Crippen LogP contribution in [-0.2, 0) is 9.53 Å². The second-order valence-corrected chi connectivity index (χ2v) is 5.60. The molecule has 26 heavy (non-hydrogen) atoms. The molecule has 3 rings (SSSR count). The number of methoxy groups -OCH3 is 2. The fourth-order valence-electron chi connectivity index (χ4n) is 2.30. The molecule has 0 spiro atoms. The van der Waals surface area contributed by atoms with E-state index in [0.29, 0.717) is 17.1 Å². The van der Waals surface area contributed by atoms with Crippen molar-refractivity contribution in [1.82, 2.24) is 0 Å². The molecule has 0 aliphatic carbocycles. The van der Waals surface area contributed by atoms with Crippen LogP contribution in [0.25, 0.3) is 6.08 Å². The third-order valence-corrected chi connectivity index (χ3v) is 3.91. The molecule has 0 N–H and O–H groups in total. The molecule has 0 saturated carbocycles. The number of rotatable bonds is 4. The van der Waals surface area contributed by atoms with E-state index in [1.54, 1.807) is 18.2 Å². The number of hydrogen-bond acceptors (Lipinski definition) is 5. The van der Waals surface area contributed by atoms with Crippen molar-refractivity contribution in [2.24, 2.45) is 4.99 Å². The molecule has 0 unspecified atom stereocenters. The molecular formula is C18H12ClF2NO4. The maximum atomic E-state index is 13.5. The maximum absolute atomic E-state index is 13.5. The van der Waals surface area contributed by atoms with Gasteiger partial charge in [-0.15, -0.1) is 0 Å². The molecule has 8 heteroatoms. The van der Waals surface area contributed by atoms with Crippen LogP contribution in [0.4, 0.5) is 8.78 Å². The third kappa shape index (κ3) is 3.39. The highest BCUT2D eigenvalue weighted by molar-refractivity contribution is 6.34. The SMILES string of the molecule is COc1ccc(/C=C2/N=C(c3cc(F)c(F)cc3Cl)OC2=O)c(OC)c1. The van der Waals surface area contributed by atoms with Crippen LogP contribution in [0.2, 0.25) is 5.02 Å². The molecule has 2 aromatic rings. The van der Waals surface area contributed by atoms with E-state index in [9.17, 15) is 13.6 Å². The molecule has 5 nitrogen and oxygen atoms in total. The molecular weight excluding hydrogens is 368 g/mol. The Morgan fingerprint density at radius 2 is 1.85 bits per heavy atom. The van der Waals surface area contributed by atoms with Crippen molar-refractivity contribution in [3.63, 3.8) is 0 Å². The number of nitrogens with zero attached hydrogens (tertiary/aromatic N) is 1. The first-order valence-electron chi connectivity index (χ1n) is 7.32. The Labute approximate surface area is 152 Å². The lowest BCUT2D eigenvalue weighted by atomic mass is 10.1. The monoisotopic (exact) mass is 379 g/mol. The topological polar surface area (TPSA) is 57.1 Å². The van der Waals surface area contributed by atoms with Crippen LogP contribution in [0.3, 0.4) is 0 Å². The lowest BCUT2D eigenvalue weighted by molar-refractivity contribution is -0.129. The summed E-state index contributed by atoms with van der Waals surface area (Å²) in [5, 5.41) is -0.126. The van der Waals surface area contributed by atoms with E-state index in [1.807, 2.05) is 0 Å². The zero-order valence-electron chi connectivity index (χ0n) is 13.7. The Bertz CT molecular complexity index is 956. The quantitative estimate of drug-likeness (QED) is 0.458. The summed E-state index contributed by atoms with van der Waals surface area (Å²) in [6.45, 7) is 0. The van der Waals surface area contributed by atoms with Crippen LogP contribution < -0.4 is 9.47 Å². The van der Waals surface area contributed by atoms with Gasteiger partial charge < -0.3 is 14.2 Å². The summed E-state index contributed by atoms with van der Waals surface area (Å²) >= 11 is 5.89. The third-order valence-electron chi connectivity index (χ3n) is 3.59. The number of benzene rings is 2. The summed E-state index contributed by atoms with van der Waals surface area (Å²) in [5.74, 6) is -2.16. The normalized spacial score (nSPS) is 15.0. The van der Waals surface area contributed by atoms with Gasteiger partial charge in [0.2, 0.25) is 5.90 Å². The van der Waals surface area contributed by atoms with Gasteiger partial charge >= 0.3 is 5.97 Å². The largest absolute Gasteiger partial charge is 0.497 e. The van der Waals surface area contributed by atoms with Gasteiger partial charge in [0.15, 0.2) is 17.3 Å². The van der Waals surface area contributed by atoms with Gasteiger partial charge in [0.25, 0.3) is 0 Å². The Morgan fingerprint density at radius 1 is 1.12 bits per heavy atom. The van der Waals surface area contributed by atoms with Gasteiger partial charge in [-0.3, -0.25) is 0 Å². The summed E-state index contributed by atoms with van der Waals surface area (Å²) in [6, 6.07) is 6.61. The molecule has 0 fully saturated rings. The number of esters is 1. The van der Waals surface area contributed by atoms with Crippen molar-refractivity contribution in [2.75, 3.05) is 14.2 Å². The van der Waals surface area contributed by atoms with Gasteiger partial charge in [-0.2, -0.15) is 0 Å². The van der Waals surface area contributed by atoms with Gasteiger partial charge in [0, 0.05) is 11.6 Å². The summed E-state index contributed by atoms with van der Waals surface area (Å²) in [6.07, 6.45) is 1.45. The zero-order valence-corrected chi connectivity index (χ0v) is 14.4. The predicted octanol–water partition coefficient (Wildman–Crippen LogP) is 3.98. The van der Waals surface area contributed by atoms with Crippen molar-refractivity contribution in [1.29, 1.82) is 0 Å². The molecule has 0 bridgehead atoms. The molecule has 0 aromatic heterocycles. The van der Waals surface area contributed by atoms with Crippen molar-refractivity contribution in [3.05, 3.63) is 63.8 Å². The standard InChI is InChI=1S/C18H12ClF2NO4/c1-24-10-4-3-9(16(6-10)25-2)5-15-18(23)26-17(22-15)11-7-13(20)14(21)8-12(11)19/h3-8H,1-2H3/b15-5+. The zero-order chi connectivity index (χ0) is 18.8. The maximum Gasteiger partial charge on any atom is 0.363 e. The fraction of sp³-hybridized carbons (Fsp3) is 0.111. The van der Waals surface area contributed by atoms with Gasteiger partial charge in [-0.1, -0.05) is 11.6 Å². The van der Waals surface area contributed by atoms with Gasteiger partial charge in [-0.25, -0.2) is 18.6 Å². The van der Waals surface area contributed by atoms with Crippen LogP contribution in [0, 0.1) is 11.6 Å². The first kappa shape index (κ1) is 17.9. The van der Waals surface area contributed by atoms with Gasteiger partial charge in [0.1, 0.15) is 11.5 Å². The van der Waals surface area contributed by atoms with Crippen molar-refractivity contribution in [2.45, 2.75) is 0 Å². The number of carbonyl (C=O) groups excluding carboxylic acids is 1. The highest BCUT2D eigenvalue weighted by atomic mass is 35.5. The van der Waals surface area contributed by atoms with E-state index in [4.69, 9.17) is 25.8 Å². The number of cyclic esters (lactones) is 1. The van der Waals surface area contributed by atoms with E-state index >= 15 is 0 Å². The fourth-order valence-corrected chi connectivity index (χ4v) is 2.53. The molecule has 1 aliphatic heterocycles. The highest BCUT2D eigenvalue weighted by Crippen LogP contribution is 2.29. The average molecular weight is 380 g/mol. The Balaban J connectivity index is 2.01. The first-order valence-corrected chi connectivity index (χ1v) is 7.70. The van der Waals surface area contributed by atoms with Crippen LogP contribution in [-0.4, -0.2) is 26.1 Å². The minimum atomic E-state index is -1.13. The van der Waals surface area contributed by atoms with E-state index in [2.05, 4.69) is 4.99 Å². The summed E-state index contributed by atoms with van der Waals surface area (Å²) in [4.78, 5) is 16.1. The second kappa shape index (κ2) is 7.13. The molecule has 0 saturated heterocycles. The summed E-state index contributed by atoms with van der Waals surface area (Å²) in [7, 11) is 2.99. The van der Waals surface area contributed by atoms with Crippen molar-refractivity contribution < 1.29 is 27.8 Å². The molecule has 0 atom stereocenters. The summed E-state index contributed by atoms with van der Waals surface area (Å²) in [5.41, 5.74) is 0.495. The number of aliphatic imine (C=N–C) groups is 1. The highest BCUT2D eigenvalue weighted by Gasteiger charge is 2.27. The van der Waals surface area contributed by atoms with E-state index in [1.165, 1.54) is 20.3 Å². The van der Waals surface area contributed by atoms with E-state index < -0.39 is 17.6 Å². The van der Waals surface area contributed by atoms with Gasteiger partial charge in [-0.05, 0) is 30.3 Å². The van der Waals surface area contributed by atoms with E-state index in [-0.39, 0.29) is 22.2 Å². The smallest absolute Gasteiger partial charge is 0.363 e. The van der Waals surface area contributed by atoms with Crippen LogP contribution in [0.5, 0.6) is 11.5 Å². The Hall–Kier alpha value is -2.93. The molecule has 1 aliphatic rings. The van der Waals surface area contributed by atoms with Crippen LogP contribution in [0.15, 0.2) is 41.0 Å². The minimum Gasteiger partial charge on any atom is -0.497 e. The lowest BCUT2D eigenvalue weighted by Crippen LogP contribution is -2.07. The number of halogens is 3. The van der Waals surface area contributed by atoms with Crippen molar-refractivity contribution in [3.8, 4) is 11.5 Å². The lowest BCUT2D eigenvalue weighted by Gasteiger charge is -2.07. The predicted molar refractivity (Wildman–Crippen MR) is 91.5 cm³/mol. The summed E-state index contributed by atoms with van der Waals surface area (Å²) < 4.78 is 42.0. The number of ether oxygens (including phenoxy) is 3. The minimum absolute atomic E-state index is 0.0241. The Kier molecular flexibility index (Phi) is 4.90. The Morgan fingerprint density at radius 3 is 2.54 bits per heavy atom. The van der Waals surface area contributed by atoms with E-state index in [0.717, 1.165) is 12.1 Å². The van der Waals surface area contributed by atoms with Crippen molar-refractivity contribution >= 4 is 29.5 Å². The average Bonchev–Trinajstić information content (AvgIpc) is 2.98. The number of hydrogen-bond donors (Lipinski definition) is 0. The molecule has 0 radical (unpaired) electrons. The van der Waals surface area contributed by atoms with Crippen LogP contribution in [0.1, 0.15) is 11.1 Å². The number of carbonyl (C=O) groups is 1. The molecule has 0 amide bonds. The molecule has 2 aromatic carbocycles. The van der Waals surface area contributed by atoms with Gasteiger partial charge in [0.05, 0.1) is 24.8 Å². The van der Waals surface area contributed by atoms with Crippen LogP contribution >= 0.6 is 11.6 Å². The second-order valence-electron chi connectivity index (χ2n) is 5.19. The molecule has 1 heterocycles. The molecule has 134 valence electrons.